The van der Waals surface area contributed by atoms with Crippen LogP contribution in [0.2, 0.25) is 0 Å². The van der Waals surface area contributed by atoms with Crippen molar-refractivity contribution in [2.75, 3.05) is 0 Å². The van der Waals surface area contributed by atoms with Gasteiger partial charge < -0.3 is 0 Å². The molecule has 0 bridgehead atoms. The number of nitrogens with zero attached hydrogens (tertiary/aromatic N) is 2. The van der Waals surface area contributed by atoms with Crippen LogP contribution >= 0.6 is 0 Å². The molecule has 2 heterocycles. The molecule has 0 aliphatic carbocycles. The van der Waals surface area contributed by atoms with E-state index in [-0.39, 0.29) is 6.04 Å². The minimum Gasteiger partial charge on any atom is -0.271 e. The molecule has 0 aliphatic rings. The Balaban J connectivity index is 1.99. The second-order valence-electron chi connectivity index (χ2n) is 4.72. The van der Waals surface area contributed by atoms with Gasteiger partial charge in [0.25, 0.3) is 0 Å². The summed E-state index contributed by atoms with van der Waals surface area (Å²) in [5.74, 6) is 5.76. The molecule has 1 atom stereocenters. The standard InChI is InChI=1S/C16H16N4/c17-20-16(10-12-4-7-18-8-5-12)14-3-1-2-13-6-9-19-11-15(13)14/h1-9,11,16,20H,10,17H2. The van der Waals surface area contributed by atoms with Crippen LogP contribution in [0.15, 0.2) is 61.2 Å². The van der Waals surface area contributed by atoms with Crippen molar-refractivity contribution in [2.45, 2.75) is 12.5 Å². The van der Waals surface area contributed by atoms with E-state index in [0.717, 1.165) is 17.4 Å². The van der Waals surface area contributed by atoms with Gasteiger partial charge in [-0.3, -0.25) is 21.2 Å². The highest BCUT2D eigenvalue weighted by Crippen LogP contribution is 2.25. The number of fused-ring (bicyclic) bond motifs is 1. The van der Waals surface area contributed by atoms with Gasteiger partial charge in [-0.2, -0.15) is 0 Å². The van der Waals surface area contributed by atoms with Gasteiger partial charge in [-0.25, -0.2) is 0 Å². The number of benzene rings is 1. The van der Waals surface area contributed by atoms with E-state index < -0.39 is 0 Å². The third-order valence-corrected chi connectivity index (χ3v) is 3.48. The lowest BCUT2D eigenvalue weighted by atomic mass is 9.96. The molecule has 0 fully saturated rings. The molecule has 100 valence electrons. The summed E-state index contributed by atoms with van der Waals surface area (Å²) in [4.78, 5) is 8.26. The van der Waals surface area contributed by atoms with Crippen molar-refractivity contribution < 1.29 is 0 Å². The Bertz CT molecular complexity index is 692. The normalized spacial score (nSPS) is 12.4. The Morgan fingerprint density at radius 2 is 1.80 bits per heavy atom. The summed E-state index contributed by atoms with van der Waals surface area (Å²) in [6.07, 6.45) is 8.11. The van der Waals surface area contributed by atoms with Gasteiger partial charge in [0, 0.05) is 30.2 Å². The number of rotatable bonds is 4. The summed E-state index contributed by atoms with van der Waals surface area (Å²) >= 11 is 0. The summed E-state index contributed by atoms with van der Waals surface area (Å²) in [5.41, 5.74) is 5.27. The van der Waals surface area contributed by atoms with E-state index in [1.165, 1.54) is 10.9 Å². The molecule has 0 spiro atoms. The summed E-state index contributed by atoms with van der Waals surface area (Å²) in [6, 6.07) is 12.3. The Morgan fingerprint density at radius 3 is 2.60 bits per heavy atom. The number of pyridine rings is 2. The maximum absolute atomic E-state index is 5.76. The van der Waals surface area contributed by atoms with Crippen molar-refractivity contribution in [1.29, 1.82) is 0 Å². The highest BCUT2D eigenvalue weighted by atomic mass is 15.2. The van der Waals surface area contributed by atoms with E-state index in [2.05, 4.69) is 33.6 Å². The van der Waals surface area contributed by atoms with Crippen LogP contribution in [0.3, 0.4) is 0 Å². The van der Waals surface area contributed by atoms with E-state index in [1.807, 2.05) is 24.4 Å². The van der Waals surface area contributed by atoms with Gasteiger partial charge >= 0.3 is 0 Å². The zero-order valence-corrected chi connectivity index (χ0v) is 11.0. The monoisotopic (exact) mass is 264 g/mol. The van der Waals surface area contributed by atoms with Gasteiger partial charge in [-0.1, -0.05) is 18.2 Å². The van der Waals surface area contributed by atoms with Crippen LogP contribution < -0.4 is 11.3 Å². The van der Waals surface area contributed by atoms with Crippen LogP contribution in [0.1, 0.15) is 17.2 Å². The molecule has 1 aromatic carbocycles. The number of hydrazine groups is 1. The van der Waals surface area contributed by atoms with Crippen LogP contribution in [0.4, 0.5) is 0 Å². The SMILES string of the molecule is NNC(Cc1ccncc1)c1cccc2ccncc12. The molecule has 0 amide bonds. The molecule has 2 aromatic heterocycles. The van der Waals surface area contributed by atoms with Gasteiger partial charge in [0.05, 0.1) is 6.04 Å². The molecular weight excluding hydrogens is 248 g/mol. The molecule has 20 heavy (non-hydrogen) atoms. The van der Waals surface area contributed by atoms with E-state index >= 15 is 0 Å². The molecule has 1 unspecified atom stereocenters. The molecule has 3 N–H and O–H groups in total. The number of hydrogen-bond donors (Lipinski definition) is 2. The van der Waals surface area contributed by atoms with Gasteiger partial charge in [-0.05, 0) is 41.1 Å². The first-order valence-corrected chi connectivity index (χ1v) is 6.56. The van der Waals surface area contributed by atoms with E-state index in [0.29, 0.717) is 0 Å². The summed E-state index contributed by atoms with van der Waals surface area (Å²) in [6.45, 7) is 0. The molecule has 0 aliphatic heterocycles. The maximum Gasteiger partial charge on any atom is 0.0507 e. The molecule has 3 rings (SSSR count). The summed E-state index contributed by atoms with van der Waals surface area (Å²) < 4.78 is 0. The molecular formula is C16H16N4. The van der Waals surface area contributed by atoms with Crippen molar-refractivity contribution in [2.24, 2.45) is 5.84 Å². The van der Waals surface area contributed by atoms with Crippen molar-refractivity contribution in [1.82, 2.24) is 15.4 Å². The summed E-state index contributed by atoms with van der Waals surface area (Å²) in [7, 11) is 0. The first kappa shape index (κ1) is 12.7. The molecule has 0 saturated carbocycles. The predicted molar refractivity (Wildman–Crippen MR) is 79.7 cm³/mol. The molecule has 0 saturated heterocycles. The number of hydrogen-bond acceptors (Lipinski definition) is 4. The average molecular weight is 264 g/mol. The van der Waals surface area contributed by atoms with Crippen molar-refractivity contribution in [3.63, 3.8) is 0 Å². The fourth-order valence-electron chi connectivity index (χ4n) is 2.45. The van der Waals surface area contributed by atoms with Crippen LogP contribution in [0, 0.1) is 0 Å². The number of aromatic nitrogens is 2. The quantitative estimate of drug-likeness (QED) is 0.561. The smallest absolute Gasteiger partial charge is 0.0507 e. The van der Waals surface area contributed by atoms with Gasteiger partial charge in [0.15, 0.2) is 0 Å². The minimum atomic E-state index is 0.0466. The van der Waals surface area contributed by atoms with Crippen LogP contribution in [-0.2, 0) is 6.42 Å². The van der Waals surface area contributed by atoms with Crippen LogP contribution in [-0.4, -0.2) is 9.97 Å². The van der Waals surface area contributed by atoms with E-state index in [4.69, 9.17) is 5.84 Å². The van der Waals surface area contributed by atoms with Crippen LogP contribution in [0.25, 0.3) is 10.8 Å². The highest BCUT2D eigenvalue weighted by molar-refractivity contribution is 5.85. The molecule has 4 nitrogen and oxygen atoms in total. The Hall–Kier alpha value is -2.30. The molecule has 3 aromatic rings. The molecule has 4 heteroatoms. The number of nitrogens with one attached hydrogen (secondary N) is 1. The van der Waals surface area contributed by atoms with Crippen molar-refractivity contribution in [3.05, 3.63) is 72.3 Å². The lowest BCUT2D eigenvalue weighted by Gasteiger charge is -2.18. The zero-order chi connectivity index (χ0) is 13.8. The van der Waals surface area contributed by atoms with Crippen LogP contribution in [0.5, 0.6) is 0 Å². The minimum absolute atomic E-state index is 0.0466. The lowest BCUT2D eigenvalue weighted by Crippen LogP contribution is -2.29. The zero-order valence-electron chi connectivity index (χ0n) is 11.0. The predicted octanol–water partition coefficient (Wildman–Crippen LogP) is 2.38. The first-order valence-electron chi connectivity index (χ1n) is 6.56. The molecule has 0 radical (unpaired) electrons. The van der Waals surface area contributed by atoms with E-state index in [9.17, 15) is 0 Å². The number of nitrogens with two attached hydrogens (primary N) is 1. The van der Waals surface area contributed by atoms with E-state index in [1.54, 1.807) is 18.6 Å². The van der Waals surface area contributed by atoms with Gasteiger partial charge in [0.1, 0.15) is 0 Å². The summed E-state index contributed by atoms with van der Waals surface area (Å²) in [5, 5.41) is 2.31. The lowest BCUT2D eigenvalue weighted by molar-refractivity contribution is 0.555. The Labute approximate surface area is 117 Å². The largest absolute Gasteiger partial charge is 0.271 e. The van der Waals surface area contributed by atoms with Crippen molar-refractivity contribution in [3.8, 4) is 0 Å². The Kier molecular flexibility index (Phi) is 3.67. The van der Waals surface area contributed by atoms with Crippen molar-refractivity contribution >= 4 is 10.8 Å². The highest BCUT2D eigenvalue weighted by Gasteiger charge is 2.13. The fraction of sp³-hybridized carbons (Fsp3) is 0.125. The third-order valence-electron chi connectivity index (χ3n) is 3.48. The third kappa shape index (κ3) is 2.52. The second kappa shape index (κ2) is 5.77. The average Bonchev–Trinajstić information content (AvgIpc) is 2.53. The maximum atomic E-state index is 5.76. The van der Waals surface area contributed by atoms with Gasteiger partial charge in [0.2, 0.25) is 0 Å². The van der Waals surface area contributed by atoms with Gasteiger partial charge in [-0.15, -0.1) is 0 Å². The second-order valence-corrected chi connectivity index (χ2v) is 4.72. The Morgan fingerprint density at radius 1 is 1.00 bits per heavy atom. The fourth-order valence-corrected chi connectivity index (χ4v) is 2.45. The topological polar surface area (TPSA) is 63.8 Å². The first-order chi connectivity index (χ1) is 9.88.